The van der Waals surface area contributed by atoms with Gasteiger partial charge in [-0.2, -0.15) is 0 Å². The van der Waals surface area contributed by atoms with Gasteiger partial charge in [0, 0.05) is 38.3 Å². The van der Waals surface area contributed by atoms with Crippen molar-refractivity contribution in [2.24, 2.45) is 9.98 Å². The summed E-state index contributed by atoms with van der Waals surface area (Å²) in [4.78, 5) is 10.6. The molecule has 0 aromatic rings. The Kier molecular flexibility index (Phi) is 35.7. The Morgan fingerprint density at radius 1 is 0.387 bits per heavy atom. The van der Waals surface area contributed by atoms with Gasteiger partial charge in [0.05, 0.1) is 32.9 Å². The van der Waals surface area contributed by atoms with Crippen LogP contribution in [0.2, 0.25) is 78.6 Å². The van der Waals surface area contributed by atoms with Crippen LogP contribution in [0.15, 0.2) is 9.98 Å². The predicted octanol–water partition coefficient (Wildman–Crippen LogP) is 10.5. The average molecular weight is 1050 g/mol. The van der Waals surface area contributed by atoms with E-state index in [0.29, 0.717) is 24.2 Å². The van der Waals surface area contributed by atoms with Gasteiger partial charge in [-0.05, 0) is 101 Å². The van der Waals surface area contributed by atoms with E-state index in [4.69, 9.17) is 30.1 Å². The number of ether oxygens (including phenoxy) is 2. The zero-order chi connectivity index (χ0) is 42.7. The second-order valence-electron chi connectivity index (χ2n) is 22.3. The summed E-state index contributed by atoms with van der Waals surface area (Å²) in [5.74, 6) is 2.32. The van der Waals surface area contributed by atoms with Gasteiger partial charge in [-0.1, -0.05) is 156 Å². The van der Waals surface area contributed by atoms with Crippen LogP contribution in [0.1, 0.15) is 154 Å². The Hall–Kier alpha value is 1.41. The third-order valence-electron chi connectivity index (χ3n) is 12.2. The Balaban J connectivity index is 0. The smallest absolute Gasteiger partial charge is 1.00 e. The normalized spacial score (nSPS) is 21.3. The molecule has 6 rings (SSSR count). The minimum Gasteiger partial charge on any atom is -1.00 e. The summed E-state index contributed by atoms with van der Waals surface area (Å²) in [6, 6.07) is 2.10. The van der Waals surface area contributed by atoms with Crippen LogP contribution in [0.3, 0.4) is 0 Å². The van der Waals surface area contributed by atoms with Crippen LogP contribution in [-0.4, -0.2) is 121 Å². The number of hydrogen-bond acceptors (Lipinski definition) is 4. The van der Waals surface area contributed by atoms with E-state index in [1.807, 2.05) is 0 Å². The fourth-order valence-electron chi connectivity index (χ4n) is 10.0. The first kappa shape index (κ1) is 65.5. The molecule has 4 aliphatic carbocycles. The quantitative estimate of drug-likeness (QED) is 0.138. The maximum Gasteiger partial charge on any atom is 3.00 e. The van der Waals surface area contributed by atoms with E-state index in [-0.39, 0.29) is 76.5 Å². The van der Waals surface area contributed by atoms with Crippen LogP contribution >= 0.6 is 0 Å². The van der Waals surface area contributed by atoms with E-state index in [9.17, 15) is 0 Å². The third-order valence-corrected chi connectivity index (χ3v) is 26.4. The second-order valence-corrected chi connectivity index (χ2v) is 42.3. The summed E-state index contributed by atoms with van der Waals surface area (Å²) in [5.41, 5.74) is 0. The van der Waals surface area contributed by atoms with Gasteiger partial charge >= 0.3 is 59.7 Å². The SMILES string of the molecule is C1CCOC1.C1CCOC1.C[Si](C)(C)N(C(=NC1CCCCC1)[N-]C1CCCCC1)[Si](C)(C)C.C[Si](C)(C)N(C(=NC1CCCCC1)[N-]C1CCCCC1)[Si](C)(C)C.[B-].[B-].[Li+].[Nd+3]. The molecule has 0 aromatic carbocycles. The van der Waals surface area contributed by atoms with E-state index in [2.05, 4.69) is 87.0 Å². The molecule has 0 bridgehead atoms. The molecule has 0 aromatic heterocycles. The molecule has 349 valence electrons. The van der Waals surface area contributed by atoms with Crippen molar-refractivity contribution in [3.8, 4) is 0 Å². The van der Waals surface area contributed by atoms with Crippen LogP contribution in [0.5, 0.6) is 0 Å². The number of rotatable bonds is 8. The molecule has 2 heterocycles. The van der Waals surface area contributed by atoms with E-state index >= 15 is 0 Å². The topological polar surface area (TPSA) is 77.9 Å². The van der Waals surface area contributed by atoms with Crippen LogP contribution in [-0.2, 0) is 9.47 Å². The molecule has 8 nitrogen and oxygen atoms in total. The average Bonchev–Trinajstić information content (AvgIpc) is 3.92. The zero-order valence-electron chi connectivity index (χ0n) is 43.3. The van der Waals surface area contributed by atoms with E-state index in [1.165, 1.54) is 154 Å². The molecule has 4 saturated carbocycles. The van der Waals surface area contributed by atoms with Crippen molar-refractivity contribution in [2.45, 2.75) is 257 Å². The van der Waals surface area contributed by atoms with E-state index in [0.717, 1.165) is 38.3 Å². The molecule has 0 N–H and O–H groups in total. The zero-order valence-corrected chi connectivity index (χ0v) is 50.5. The molecular weight excluding hydrogens is 954 g/mol. The standard InChI is InChI=1S/2C19H40N3Si2.2C4H8O.2B.Li.Nd/c2*1-23(2,3)22(24(4,5)6)19(20-17-13-9-7-10-14-17)21-18-15-11-8-12-16-18;2*1-2-4-5-3-1;;;;/h2*17-18H,7-16H2,1-6H3;2*1-4H2;;;;/q2*-1;;;2*-1;+1;+3. The van der Waals surface area contributed by atoms with Crippen molar-refractivity contribution in [2.75, 3.05) is 26.4 Å². The first-order chi connectivity index (χ1) is 27.4. The largest absolute Gasteiger partial charge is 3.00 e. The third kappa shape index (κ3) is 26.8. The summed E-state index contributed by atoms with van der Waals surface area (Å²) in [7, 11) is -5.93. The van der Waals surface area contributed by atoms with Crippen molar-refractivity contribution in [3.63, 3.8) is 0 Å². The maximum atomic E-state index is 5.31. The molecule has 2 saturated heterocycles. The number of guanidine groups is 2. The van der Waals surface area contributed by atoms with Crippen molar-refractivity contribution in [1.82, 2.24) is 8.46 Å². The van der Waals surface area contributed by atoms with Gasteiger partial charge in [0.2, 0.25) is 0 Å². The predicted molar refractivity (Wildman–Crippen MR) is 278 cm³/mol. The minimum absolute atomic E-state index is 0. The Morgan fingerprint density at radius 2 is 0.613 bits per heavy atom. The Labute approximate surface area is 439 Å². The molecule has 0 amide bonds. The van der Waals surface area contributed by atoms with Gasteiger partial charge in [-0.25, -0.2) is 0 Å². The van der Waals surface area contributed by atoms with Gasteiger partial charge in [0.1, 0.15) is 0 Å². The fourth-order valence-corrected chi connectivity index (χ4v) is 29.0. The van der Waals surface area contributed by atoms with Crippen molar-refractivity contribution in [3.05, 3.63) is 10.6 Å². The molecule has 2 aliphatic heterocycles. The van der Waals surface area contributed by atoms with Crippen molar-refractivity contribution in [1.29, 1.82) is 0 Å². The molecule has 0 spiro atoms. The summed E-state index contributed by atoms with van der Waals surface area (Å²) in [6.07, 6.45) is 31.7. The molecular formula is C46H96B2LiN6NdO2Si4. The monoisotopic (exact) mass is 1050 g/mol. The molecule has 6 fully saturated rings. The molecule has 0 unspecified atom stereocenters. The fraction of sp³-hybridized carbons (Fsp3) is 0.957. The first-order valence-electron chi connectivity index (χ1n) is 24.7. The first-order valence-corrected chi connectivity index (χ1v) is 38.5. The summed E-state index contributed by atoms with van der Waals surface area (Å²) >= 11 is 0. The molecule has 6 aliphatic rings. The van der Waals surface area contributed by atoms with Gasteiger partial charge < -0.3 is 55.4 Å². The van der Waals surface area contributed by atoms with E-state index in [1.54, 1.807) is 0 Å². The Bertz CT molecular complexity index is 1040. The molecule has 16 heteroatoms. The van der Waals surface area contributed by atoms with Gasteiger partial charge in [-0.15, -0.1) is 0 Å². The van der Waals surface area contributed by atoms with Gasteiger partial charge in [-0.3, -0.25) is 0 Å². The van der Waals surface area contributed by atoms with Crippen LogP contribution in [0, 0.1) is 40.8 Å². The summed E-state index contributed by atoms with van der Waals surface area (Å²) in [6.45, 7) is 33.6. The van der Waals surface area contributed by atoms with Crippen LogP contribution < -0.4 is 18.9 Å². The van der Waals surface area contributed by atoms with Gasteiger partial charge in [0.15, 0.2) is 0 Å². The number of nitrogens with zero attached hydrogens (tertiary/aromatic N) is 6. The van der Waals surface area contributed by atoms with Gasteiger partial charge in [0.25, 0.3) is 0 Å². The maximum absolute atomic E-state index is 5.31. The molecule has 9 radical (unpaired) electrons. The van der Waals surface area contributed by atoms with Crippen molar-refractivity contribution < 1.29 is 69.2 Å². The van der Waals surface area contributed by atoms with Crippen molar-refractivity contribution >= 4 is 61.7 Å². The summed E-state index contributed by atoms with van der Waals surface area (Å²) < 4.78 is 15.4. The number of aliphatic imine (C=N–C) groups is 2. The molecule has 62 heavy (non-hydrogen) atoms. The Morgan fingerprint density at radius 3 is 0.806 bits per heavy atom. The van der Waals surface area contributed by atoms with Crippen LogP contribution in [0.4, 0.5) is 0 Å². The van der Waals surface area contributed by atoms with E-state index < -0.39 is 32.9 Å². The summed E-state index contributed by atoms with van der Waals surface area (Å²) in [5, 5.41) is 10.6. The second kappa shape index (κ2) is 33.8. The number of hydrogen-bond donors (Lipinski definition) is 0. The molecule has 0 atom stereocenters. The van der Waals surface area contributed by atoms with Crippen LogP contribution in [0.25, 0.3) is 10.6 Å². The minimum atomic E-state index is -1.48.